The summed E-state index contributed by atoms with van der Waals surface area (Å²) >= 11 is 1.74. The van der Waals surface area contributed by atoms with Gasteiger partial charge in [-0.05, 0) is 17.5 Å². The van der Waals surface area contributed by atoms with Gasteiger partial charge in [0.1, 0.15) is 0 Å². The molecule has 0 amide bonds. The molecule has 1 aromatic rings. The fourth-order valence-electron chi connectivity index (χ4n) is 0.992. The summed E-state index contributed by atoms with van der Waals surface area (Å²) in [4.78, 5) is 11.2. The maximum absolute atomic E-state index is 10.5. The van der Waals surface area contributed by atoms with Crippen LogP contribution in [0, 0.1) is 10.1 Å². The van der Waals surface area contributed by atoms with Gasteiger partial charge in [-0.25, -0.2) is 0 Å². The van der Waals surface area contributed by atoms with Crippen LogP contribution >= 0.6 is 11.8 Å². The van der Waals surface area contributed by atoms with E-state index in [0.717, 1.165) is 10.3 Å². The van der Waals surface area contributed by atoms with Crippen LogP contribution in [0.3, 0.4) is 0 Å². The predicted octanol–water partition coefficient (Wildman–Crippen LogP) is 3.66. The molecule has 0 heterocycles. The van der Waals surface area contributed by atoms with Crippen molar-refractivity contribution in [1.82, 2.24) is 0 Å². The maximum atomic E-state index is 10.5. The van der Waals surface area contributed by atoms with E-state index in [1.807, 2.05) is 0 Å². The minimum atomic E-state index is -1.30. The van der Waals surface area contributed by atoms with Crippen molar-refractivity contribution < 1.29 is 4.92 Å². The van der Waals surface area contributed by atoms with Crippen LogP contribution in [-0.2, 0) is 0 Å². The summed E-state index contributed by atoms with van der Waals surface area (Å²) in [5.74, 6) is 0. The van der Waals surface area contributed by atoms with Gasteiger partial charge in [0.05, 0.1) is 13.0 Å². The second kappa shape index (κ2) is 5.31. The molecule has 0 saturated carbocycles. The van der Waals surface area contributed by atoms with Crippen molar-refractivity contribution in [2.45, 2.75) is 18.0 Å². The molecule has 16 heavy (non-hydrogen) atoms. The number of hydrogen-bond acceptors (Lipinski definition) is 3. The van der Waals surface area contributed by atoms with Crippen molar-refractivity contribution in [3.8, 4) is 0 Å². The fraction of sp³-hybridized carbons (Fsp3) is 0.273. The standard InChI is InChI=1S/C11H15NO2SSi/c1-4-16(2,3)9-15-11-7-5-10(6-8-11)12(13)14/h4-8H,1,9H2,2-3H3. The number of nitro benzene ring substituents is 1. The van der Waals surface area contributed by atoms with Gasteiger partial charge in [0.2, 0.25) is 0 Å². The normalized spacial score (nSPS) is 11.1. The molecule has 0 spiro atoms. The smallest absolute Gasteiger partial charge is 0.258 e. The molecular weight excluding hydrogens is 238 g/mol. The molecule has 3 nitrogen and oxygen atoms in total. The monoisotopic (exact) mass is 253 g/mol. The average Bonchev–Trinajstić information content (AvgIpc) is 2.27. The zero-order chi connectivity index (χ0) is 12.2. The summed E-state index contributed by atoms with van der Waals surface area (Å²) in [6, 6.07) is 6.70. The van der Waals surface area contributed by atoms with Crippen LogP contribution in [0.15, 0.2) is 41.4 Å². The zero-order valence-corrected chi connectivity index (χ0v) is 11.3. The van der Waals surface area contributed by atoms with E-state index in [1.165, 1.54) is 0 Å². The lowest BCUT2D eigenvalue weighted by Gasteiger charge is -2.15. The lowest BCUT2D eigenvalue weighted by atomic mass is 10.3. The summed E-state index contributed by atoms with van der Waals surface area (Å²) in [5, 5.41) is 11.5. The highest BCUT2D eigenvalue weighted by Gasteiger charge is 2.16. The Morgan fingerprint density at radius 2 is 2.00 bits per heavy atom. The van der Waals surface area contributed by atoms with Gasteiger partial charge >= 0.3 is 0 Å². The van der Waals surface area contributed by atoms with Crippen LogP contribution in [0.2, 0.25) is 13.1 Å². The van der Waals surface area contributed by atoms with Gasteiger partial charge in [-0.1, -0.05) is 13.1 Å². The Kier molecular flexibility index (Phi) is 4.32. The van der Waals surface area contributed by atoms with Gasteiger partial charge in [0.15, 0.2) is 0 Å². The van der Waals surface area contributed by atoms with Gasteiger partial charge in [0.25, 0.3) is 5.69 Å². The van der Waals surface area contributed by atoms with Crippen molar-refractivity contribution >= 4 is 25.5 Å². The fourth-order valence-corrected chi connectivity index (χ4v) is 3.95. The highest BCUT2D eigenvalue weighted by Crippen LogP contribution is 2.24. The van der Waals surface area contributed by atoms with E-state index in [2.05, 4.69) is 25.4 Å². The molecule has 1 rings (SSSR count). The summed E-state index contributed by atoms with van der Waals surface area (Å²) in [6.45, 7) is 8.34. The van der Waals surface area contributed by atoms with E-state index in [-0.39, 0.29) is 10.6 Å². The van der Waals surface area contributed by atoms with E-state index in [1.54, 1.807) is 36.0 Å². The Bertz CT molecular complexity index is 389. The number of thioether (sulfide) groups is 1. The zero-order valence-electron chi connectivity index (χ0n) is 9.47. The molecule has 0 aliphatic heterocycles. The van der Waals surface area contributed by atoms with Crippen molar-refractivity contribution in [1.29, 1.82) is 0 Å². The number of rotatable bonds is 5. The topological polar surface area (TPSA) is 43.1 Å². The number of hydrogen-bond donors (Lipinski definition) is 0. The molecule has 0 N–H and O–H groups in total. The molecule has 0 bridgehead atoms. The highest BCUT2D eigenvalue weighted by atomic mass is 32.2. The largest absolute Gasteiger partial charge is 0.269 e. The van der Waals surface area contributed by atoms with E-state index in [0.29, 0.717) is 0 Å². The predicted molar refractivity (Wildman–Crippen MR) is 71.5 cm³/mol. The molecule has 1 aromatic carbocycles. The van der Waals surface area contributed by atoms with E-state index in [4.69, 9.17) is 0 Å². The van der Waals surface area contributed by atoms with Gasteiger partial charge in [-0.3, -0.25) is 10.1 Å². The SMILES string of the molecule is C=C[Si](C)(C)CSc1ccc([N+](=O)[O-])cc1. The molecule has 0 atom stereocenters. The van der Waals surface area contributed by atoms with E-state index in [9.17, 15) is 10.1 Å². The number of non-ortho nitro benzene ring substituents is 1. The molecule has 0 fully saturated rings. The van der Waals surface area contributed by atoms with Crippen molar-refractivity contribution in [3.05, 3.63) is 46.7 Å². The summed E-state index contributed by atoms with van der Waals surface area (Å²) in [7, 11) is -1.30. The van der Waals surface area contributed by atoms with E-state index < -0.39 is 8.07 Å². The first-order valence-corrected chi connectivity index (χ1v) is 9.22. The van der Waals surface area contributed by atoms with Crippen LogP contribution in [0.1, 0.15) is 0 Å². The lowest BCUT2D eigenvalue weighted by molar-refractivity contribution is -0.384. The van der Waals surface area contributed by atoms with Crippen LogP contribution in [0.5, 0.6) is 0 Å². The maximum Gasteiger partial charge on any atom is 0.269 e. The summed E-state index contributed by atoms with van der Waals surface area (Å²) in [6.07, 6.45) is 0. The van der Waals surface area contributed by atoms with Gasteiger partial charge in [0, 0.05) is 17.0 Å². The Morgan fingerprint density at radius 1 is 1.44 bits per heavy atom. The van der Waals surface area contributed by atoms with Crippen LogP contribution in [-0.4, -0.2) is 18.4 Å². The third-order valence-corrected chi connectivity index (χ3v) is 7.48. The molecule has 0 saturated heterocycles. The first-order valence-electron chi connectivity index (χ1n) is 4.95. The van der Waals surface area contributed by atoms with Gasteiger partial charge in [-0.15, -0.1) is 24.0 Å². The summed E-state index contributed by atoms with van der Waals surface area (Å²) in [5.41, 5.74) is 2.20. The number of benzene rings is 1. The van der Waals surface area contributed by atoms with E-state index >= 15 is 0 Å². The third kappa shape index (κ3) is 3.82. The number of nitro groups is 1. The van der Waals surface area contributed by atoms with Crippen LogP contribution < -0.4 is 0 Å². The lowest BCUT2D eigenvalue weighted by Crippen LogP contribution is -2.26. The second-order valence-electron chi connectivity index (χ2n) is 4.23. The minimum Gasteiger partial charge on any atom is -0.258 e. The molecule has 0 aromatic heterocycles. The van der Waals surface area contributed by atoms with Gasteiger partial charge in [-0.2, -0.15) is 0 Å². The molecule has 5 heteroatoms. The molecule has 0 aliphatic carbocycles. The molecular formula is C11H15NO2SSi. The molecule has 0 aliphatic rings. The molecule has 0 radical (unpaired) electrons. The second-order valence-corrected chi connectivity index (χ2v) is 10.5. The Morgan fingerprint density at radius 3 is 2.44 bits per heavy atom. The first kappa shape index (κ1) is 13.0. The highest BCUT2D eigenvalue weighted by molar-refractivity contribution is 8.01. The average molecular weight is 253 g/mol. The number of nitrogens with zero attached hydrogens (tertiary/aromatic N) is 1. The Hall–Kier alpha value is -1.07. The van der Waals surface area contributed by atoms with Crippen LogP contribution in [0.25, 0.3) is 0 Å². The minimum absolute atomic E-state index is 0.143. The van der Waals surface area contributed by atoms with Crippen molar-refractivity contribution in [3.63, 3.8) is 0 Å². The summed E-state index contributed by atoms with van der Waals surface area (Å²) < 4.78 is 0. The molecule has 0 unspecified atom stereocenters. The van der Waals surface area contributed by atoms with Crippen LogP contribution in [0.4, 0.5) is 5.69 Å². The first-order chi connectivity index (χ1) is 7.44. The quantitative estimate of drug-likeness (QED) is 0.348. The molecule has 86 valence electrons. The third-order valence-electron chi connectivity index (χ3n) is 2.21. The van der Waals surface area contributed by atoms with Crippen molar-refractivity contribution in [2.24, 2.45) is 0 Å². The van der Waals surface area contributed by atoms with Gasteiger partial charge < -0.3 is 0 Å². The Labute approximate surface area is 101 Å². The Balaban J connectivity index is 2.63. The van der Waals surface area contributed by atoms with Crippen molar-refractivity contribution in [2.75, 3.05) is 5.38 Å².